The number of esters is 1. The van der Waals surface area contributed by atoms with Crippen LogP contribution in [-0.2, 0) is 14.3 Å². The average molecular weight is 345 g/mol. The minimum atomic E-state index is -1.70. The summed E-state index contributed by atoms with van der Waals surface area (Å²) in [6.45, 7) is 0. The predicted molar refractivity (Wildman–Crippen MR) is 88.0 cm³/mol. The molecule has 0 amide bonds. The van der Waals surface area contributed by atoms with Gasteiger partial charge in [-0.3, -0.25) is 19.7 Å². The lowest BCUT2D eigenvalue weighted by atomic mass is 9.69. The Bertz CT molecular complexity index is 735. The maximum atomic E-state index is 12.6. The van der Waals surface area contributed by atoms with Gasteiger partial charge in [0, 0.05) is 17.8 Å². The van der Waals surface area contributed by atoms with Crippen LogP contribution in [0.1, 0.15) is 24.8 Å². The summed E-state index contributed by atoms with van der Waals surface area (Å²) in [7, 11) is 1.15. The number of nitrogens with zero attached hydrogens (tertiary/aromatic N) is 1. The van der Waals surface area contributed by atoms with Crippen LogP contribution in [0.3, 0.4) is 0 Å². The third-order valence-corrected chi connectivity index (χ3v) is 5.40. The van der Waals surface area contributed by atoms with Crippen LogP contribution in [0.2, 0.25) is 0 Å². The lowest BCUT2D eigenvalue weighted by Crippen LogP contribution is -2.47. The second-order valence-electron chi connectivity index (χ2n) is 6.69. The summed E-state index contributed by atoms with van der Waals surface area (Å²) in [5.41, 5.74) is -2.62. The van der Waals surface area contributed by atoms with Crippen molar-refractivity contribution in [1.82, 2.24) is 0 Å². The van der Waals surface area contributed by atoms with Gasteiger partial charge in [0.05, 0.1) is 13.0 Å². The first kappa shape index (κ1) is 17.3. The molecule has 1 aromatic carbocycles. The molecule has 2 aliphatic rings. The Labute approximate surface area is 144 Å². The van der Waals surface area contributed by atoms with E-state index in [1.54, 1.807) is 18.2 Å². The molecule has 1 aromatic rings. The Morgan fingerprint density at radius 3 is 2.68 bits per heavy atom. The highest BCUT2D eigenvalue weighted by atomic mass is 16.6. The zero-order chi connectivity index (χ0) is 18.2. The van der Waals surface area contributed by atoms with Gasteiger partial charge < -0.3 is 9.84 Å². The summed E-state index contributed by atoms with van der Waals surface area (Å²) < 4.78 is 4.81. The first-order valence-corrected chi connectivity index (χ1v) is 8.06. The highest BCUT2D eigenvalue weighted by molar-refractivity contribution is 6.06. The molecule has 0 aromatic heterocycles. The Morgan fingerprint density at radius 2 is 2.08 bits per heavy atom. The number of benzene rings is 1. The zero-order valence-electron chi connectivity index (χ0n) is 13.8. The van der Waals surface area contributed by atoms with Gasteiger partial charge in [-0.25, -0.2) is 0 Å². The van der Waals surface area contributed by atoms with Crippen molar-refractivity contribution in [3.05, 3.63) is 52.1 Å². The summed E-state index contributed by atoms with van der Waals surface area (Å²) >= 11 is 0. The zero-order valence-corrected chi connectivity index (χ0v) is 13.8. The number of carbonyl (C=O) groups excluding carboxylic acids is 2. The number of rotatable bonds is 4. The summed E-state index contributed by atoms with van der Waals surface area (Å²) in [5, 5.41) is 22.5. The molecule has 2 bridgehead atoms. The number of carbonyl (C=O) groups is 2. The van der Waals surface area contributed by atoms with Crippen LogP contribution in [0.5, 0.6) is 0 Å². The Hall–Kier alpha value is -2.54. The number of hydrogen-bond donors (Lipinski definition) is 1. The van der Waals surface area contributed by atoms with E-state index < -0.39 is 39.7 Å². The van der Waals surface area contributed by atoms with E-state index in [4.69, 9.17) is 4.74 Å². The minimum Gasteiger partial charge on any atom is -0.468 e. The third kappa shape index (κ3) is 2.55. The maximum absolute atomic E-state index is 12.6. The van der Waals surface area contributed by atoms with Gasteiger partial charge in [-0.15, -0.1) is 0 Å². The molecule has 25 heavy (non-hydrogen) atoms. The fourth-order valence-electron chi connectivity index (χ4n) is 4.26. The lowest BCUT2D eigenvalue weighted by molar-refractivity contribution is -0.547. The molecule has 0 radical (unpaired) electrons. The van der Waals surface area contributed by atoms with Crippen LogP contribution >= 0.6 is 0 Å². The standard InChI is InChI=1S/C18H19NO6/c1-25-16(21)18-11-17(22,10-9-14(18)20)15(19(23)24)13(18)8-7-12-5-3-2-4-6-12/h2-8,13,15,22H,9-11H2,1H3/b8-7+/t13-,15-,17+,18-/m1/s1. The number of ketones is 1. The van der Waals surface area contributed by atoms with E-state index in [1.807, 2.05) is 18.2 Å². The highest BCUT2D eigenvalue weighted by Crippen LogP contribution is 2.57. The van der Waals surface area contributed by atoms with Crippen LogP contribution in [-0.4, -0.2) is 40.5 Å². The molecule has 0 saturated heterocycles. The van der Waals surface area contributed by atoms with E-state index in [0.29, 0.717) is 0 Å². The van der Waals surface area contributed by atoms with E-state index in [9.17, 15) is 24.8 Å². The van der Waals surface area contributed by atoms with E-state index in [0.717, 1.165) is 12.7 Å². The van der Waals surface area contributed by atoms with Crippen molar-refractivity contribution in [3.8, 4) is 0 Å². The second-order valence-corrected chi connectivity index (χ2v) is 6.69. The van der Waals surface area contributed by atoms with Gasteiger partial charge in [0.1, 0.15) is 11.0 Å². The predicted octanol–water partition coefficient (Wildman–Crippen LogP) is 1.62. The van der Waals surface area contributed by atoms with Crippen LogP contribution in [0.25, 0.3) is 6.08 Å². The molecular weight excluding hydrogens is 326 g/mol. The van der Waals surface area contributed by atoms with Crippen molar-refractivity contribution < 1.29 is 24.4 Å². The summed E-state index contributed by atoms with van der Waals surface area (Å²) in [6, 6.07) is 7.64. The number of aliphatic hydroxyl groups is 1. The largest absolute Gasteiger partial charge is 0.468 e. The first-order valence-electron chi connectivity index (χ1n) is 8.06. The molecule has 0 spiro atoms. The first-order chi connectivity index (χ1) is 11.8. The fourth-order valence-corrected chi connectivity index (χ4v) is 4.26. The molecule has 7 heteroatoms. The van der Waals surface area contributed by atoms with Crippen molar-refractivity contribution in [1.29, 1.82) is 0 Å². The van der Waals surface area contributed by atoms with Crippen molar-refractivity contribution in [2.24, 2.45) is 11.3 Å². The maximum Gasteiger partial charge on any atom is 0.320 e. The van der Waals surface area contributed by atoms with Gasteiger partial charge in [0.25, 0.3) is 0 Å². The van der Waals surface area contributed by atoms with Crippen molar-refractivity contribution in [2.75, 3.05) is 7.11 Å². The van der Waals surface area contributed by atoms with E-state index >= 15 is 0 Å². The molecule has 7 nitrogen and oxygen atoms in total. The number of hydrogen-bond acceptors (Lipinski definition) is 6. The number of methoxy groups -OCH3 is 1. The van der Waals surface area contributed by atoms with Gasteiger partial charge in [0.2, 0.25) is 6.04 Å². The summed E-state index contributed by atoms with van der Waals surface area (Å²) in [4.78, 5) is 36.2. The Morgan fingerprint density at radius 1 is 1.40 bits per heavy atom. The van der Waals surface area contributed by atoms with Crippen LogP contribution < -0.4 is 0 Å². The van der Waals surface area contributed by atoms with Crippen molar-refractivity contribution in [3.63, 3.8) is 0 Å². The van der Waals surface area contributed by atoms with Gasteiger partial charge in [-0.2, -0.15) is 0 Å². The molecule has 0 unspecified atom stereocenters. The van der Waals surface area contributed by atoms with E-state index in [2.05, 4.69) is 0 Å². The van der Waals surface area contributed by atoms with Gasteiger partial charge in [0.15, 0.2) is 5.78 Å². The highest BCUT2D eigenvalue weighted by Gasteiger charge is 2.74. The Kier molecular flexibility index (Phi) is 4.20. The molecule has 2 aliphatic carbocycles. The number of ether oxygens (including phenoxy) is 1. The molecule has 2 saturated carbocycles. The van der Waals surface area contributed by atoms with Crippen LogP contribution in [0.4, 0.5) is 0 Å². The van der Waals surface area contributed by atoms with Crippen molar-refractivity contribution in [2.45, 2.75) is 30.9 Å². The molecular formula is C18H19NO6. The molecule has 1 N–H and O–H groups in total. The number of fused-ring (bicyclic) bond motifs is 2. The monoisotopic (exact) mass is 345 g/mol. The minimum absolute atomic E-state index is 0.0219. The number of nitro groups is 1. The van der Waals surface area contributed by atoms with Gasteiger partial charge >= 0.3 is 5.97 Å². The van der Waals surface area contributed by atoms with Gasteiger partial charge in [-0.05, 0) is 12.0 Å². The Balaban J connectivity index is 2.12. The number of Topliss-reactive ketones (excluding diaryl/α,β-unsaturated/α-hetero) is 1. The normalized spacial score (nSPS) is 34.2. The lowest BCUT2D eigenvalue weighted by Gasteiger charge is -2.32. The molecule has 2 fully saturated rings. The summed E-state index contributed by atoms with van der Waals surface area (Å²) in [6.07, 6.45) is 2.77. The molecule has 4 atom stereocenters. The molecule has 0 heterocycles. The van der Waals surface area contributed by atoms with Crippen LogP contribution in [0, 0.1) is 21.4 Å². The van der Waals surface area contributed by atoms with E-state index in [1.165, 1.54) is 6.08 Å². The fraction of sp³-hybridized carbons (Fsp3) is 0.444. The van der Waals surface area contributed by atoms with Gasteiger partial charge in [-0.1, -0.05) is 42.5 Å². The van der Waals surface area contributed by atoms with E-state index in [-0.39, 0.29) is 19.3 Å². The summed E-state index contributed by atoms with van der Waals surface area (Å²) in [5.74, 6) is -2.28. The SMILES string of the molecule is COC(=O)[C@@]12C[C@@](O)(CCC1=O)[C@H]([N+](=O)[O-])[C@H]2/C=C/c1ccccc1. The van der Waals surface area contributed by atoms with Crippen molar-refractivity contribution >= 4 is 17.8 Å². The van der Waals surface area contributed by atoms with Crippen LogP contribution in [0.15, 0.2) is 36.4 Å². The third-order valence-electron chi connectivity index (χ3n) is 5.40. The second kappa shape index (κ2) is 6.07. The topological polar surface area (TPSA) is 107 Å². The molecule has 132 valence electrons. The smallest absolute Gasteiger partial charge is 0.320 e. The quantitative estimate of drug-likeness (QED) is 0.385. The molecule has 0 aliphatic heterocycles. The average Bonchev–Trinajstić information content (AvgIpc) is 2.83. The molecule has 3 rings (SSSR count).